The largest absolute Gasteiger partial charge is 0.504 e. The molecule has 128 valence electrons. The van der Waals surface area contributed by atoms with Gasteiger partial charge in [0.1, 0.15) is 12.1 Å². The van der Waals surface area contributed by atoms with Crippen molar-refractivity contribution in [1.82, 2.24) is 19.7 Å². The van der Waals surface area contributed by atoms with Gasteiger partial charge in [0.25, 0.3) is 0 Å². The van der Waals surface area contributed by atoms with Crippen LogP contribution >= 0.6 is 0 Å². The van der Waals surface area contributed by atoms with Crippen molar-refractivity contribution in [3.05, 3.63) is 77.4 Å². The first-order valence-corrected chi connectivity index (χ1v) is 7.81. The highest BCUT2D eigenvalue weighted by Gasteiger charge is 2.15. The minimum absolute atomic E-state index is 0.0530. The lowest BCUT2D eigenvalue weighted by atomic mass is 10.1. The molecular formula is C18H17FN4O2. The van der Waals surface area contributed by atoms with E-state index in [0.29, 0.717) is 24.1 Å². The van der Waals surface area contributed by atoms with Gasteiger partial charge in [-0.25, -0.2) is 9.37 Å². The number of H-pyrrole nitrogens is 1. The smallest absolute Gasteiger partial charge is 0.215 e. The number of benzene rings is 1. The number of nitrogens with one attached hydrogen (secondary N) is 1. The first-order valence-electron chi connectivity index (χ1n) is 7.81. The van der Waals surface area contributed by atoms with Crippen molar-refractivity contribution >= 4 is 11.5 Å². The Morgan fingerprint density at radius 1 is 1.32 bits per heavy atom. The van der Waals surface area contributed by atoms with E-state index in [-0.39, 0.29) is 23.2 Å². The minimum atomic E-state index is -0.355. The Kier molecular flexibility index (Phi) is 4.74. The topological polar surface area (TPSA) is 83.8 Å². The van der Waals surface area contributed by atoms with E-state index in [9.17, 15) is 14.3 Å². The number of ketones is 1. The number of aromatic nitrogens is 4. The molecule has 0 unspecified atom stereocenters. The predicted molar refractivity (Wildman–Crippen MR) is 90.6 cm³/mol. The molecule has 0 aliphatic heterocycles. The molecule has 0 aliphatic rings. The van der Waals surface area contributed by atoms with Gasteiger partial charge < -0.3 is 9.67 Å². The average Bonchev–Trinajstić information content (AvgIpc) is 3.26. The number of aliphatic hydroxyl groups is 1. The first kappa shape index (κ1) is 16.6. The van der Waals surface area contributed by atoms with Crippen LogP contribution in [0.4, 0.5) is 4.39 Å². The van der Waals surface area contributed by atoms with Crippen LogP contribution in [0.15, 0.2) is 49.1 Å². The van der Waals surface area contributed by atoms with Crippen LogP contribution in [-0.2, 0) is 13.0 Å². The molecule has 25 heavy (non-hydrogen) atoms. The SMILES string of the molecule is CCc1cn(Cc2ccccc2F)cc1C(=O)C=C(O)c1nc[nH]n1. The van der Waals surface area contributed by atoms with E-state index in [4.69, 9.17) is 0 Å². The molecule has 0 saturated carbocycles. The molecule has 3 rings (SSSR count). The Balaban J connectivity index is 1.87. The predicted octanol–water partition coefficient (Wildman–Crippen LogP) is 3.14. The molecule has 2 aromatic heterocycles. The molecule has 3 aromatic rings. The van der Waals surface area contributed by atoms with Crippen LogP contribution in [0.2, 0.25) is 0 Å². The summed E-state index contributed by atoms with van der Waals surface area (Å²) in [5.41, 5.74) is 1.82. The zero-order chi connectivity index (χ0) is 17.8. The molecule has 0 spiro atoms. The van der Waals surface area contributed by atoms with E-state index in [2.05, 4.69) is 15.2 Å². The van der Waals surface area contributed by atoms with E-state index in [1.165, 1.54) is 12.4 Å². The number of aryl methyl sites for hydroxylation is 1. The van der Waals surface area contributed by atoms with Gasteiger partial charge in [0.05, 0.1) is 0 Å². The quantitative estimate of drug-likeness (QED) is 0.410. The molecule has 0 fully saturated rings. The summed E-state index contributed by atoms with van der Waals surface area (Å²) in [5, 5.41) is 16.1. The summed E-state index contributed by atoms with van der Waals surface area (Å²) in [4.78, 5) is 16.3. The second-order valence-corrected chi connectivity index (χ2v) is 5.53. The van der Waals surface area contributed by atoms with E-state index in [1.54, 1.807) is 29.0 Å². The molecule has 2 heterocycles. The number of nitrogens with zero attached hydrogens (tertiary/aromatic N) is 3. The van der Waals surface area contributed by atoms with Gasteiger partial charge in [0.2, 0.25) is 5.82 Å². The maximum atomic E-state index is 13.8. The van der Waals surface area contributed by atoms with Crippen molar-refractivity contribution in [3.8, 4) is 0 Å². The number of hydrogen-bond donors (Lipinski definition) is 2. The first-order chi connectivity index (χ1) is 12.1. The molecule has 7 heteroatoms. The Bertz CT molecular complexity index is 913. The van der Waals surface area contributed by atoms with Gasteiger partial charge in [-0.05, 0) is 18.1 Å². The highest BCUT2D eigenvalue weighted by molar-refractivity contribution is 6.08. The Morgan fingerprint density at radius 2 is 2.12 bits per heavy atom. The van der Waals surface area contributed by atoms with E-state index in [1.807, 2.05) is 13.1 Å². The average molecular weight is 340 g/mol. The van der Waals surface area contributed by atoms with E-state index in [0.717, 1.165) is 11.6 Å². The standard InChI is InChI=1S/C18H17FN4O2/c1-2-12-8-23(9-13-5-3-4-6-15(13)19)10-14(12)16(24)7-17(25)18-20-11-21-22-18/h3-8,10-11,25H,2,9H2,1H3,(H,20,21,22). The summed E-state index contributed by atoms with van der Waals surface area (Å²) in [7, 11) is 0. The number of rotatable bonds is 6. The molecule has 6 nitrogen and oxygen atoms in total. The Hall–Kier alpha value is -3.22. The maximum absolute atomic E-state index is 13.8. The number of hydrogen-bond acceptors (Lipinski definition) is 4. The van der Waals surface area contributed by atoms with Gasteiger partial charge in [-0.3, -0.25) is 9.89 Å². The summed E-state index contributed by atoms with van der Waals surface area (Å²) in [6.45, 7) is 2.25. The van der Waals surface area contributed by atoms with Crippen LogP contribution in [0.25, 0.3) is 5.76 Å². The number of carbonyl (C=O) groups excluding carboxylic acids is 1. The highest BCUT2D eigenvalue weighted by Crippen LogP contribution is 2.17. The van der Waals surface area contributed by atoms with Crippen LogP contribution in [0, 0.1) is 5.82 Å². The van der Waals surface area contributed by atoms with Gasteiger partial charge in [-0.1, -0.05) is 25.1 Å². The molecule has 0 radical (unpaired) electrons. The van der Waals surface area contributed by atoms with Crippen LogP contribution in [0.1, 0.15) is 34.2 Å². The van der Waals surface area contributed by atoms with Crippen molar-refractivity contribution in [2.24, 2.45) is 0 Å². The molecule has 0 bridgehead atoms. The zero-order valence-electron chi connectivity index (χ0n) is 13.6. The molecule has 2 N–H and O–H groups in total. The molecule has 0 atom stereocenters. The third kappa shape index (κ3) is 3.65. The monoisotopic (exact) mass is 340 g/mol. The number of aromatic amines is 1. The lowest BCUT2D eigenvalue weighted by molar-refractivity contribution is 0.104. The fourth-order valence-electron chi connectivity index (χ4n) is 2.57. The van der Waals surface area contributed by atoms with Crippen molar-refractivity contribution < 1.29 is 14.3 Å². The Morgan fingerprint density at radius 3 is 2.80 bits per heavy atom. The molecule has 1 aromatic carbocycles. The molecule has 0 aliphatic carbocycles. The van der Waals surface area contributed by atoms with Gasteiger partial charge >= 0.3 is 0 Å². The second-order valence-electron chi connectivity index (χ2n) is 5.53. The highest BCUT2D eigenvalue weighted by atomic mass is 19.1. The van der Waals surface area contributed by atoms with Gasteiger partial charge in [-0.15, -0.1) is 0 Å². The number of carbonyl (C=O) groups is 1. The molecule has 0 saturated heterocycles. The van der Waals surface area contributed by atoms with Crippen LogP contribution in [0.5, 0.6) is 0 Å². The van der Waals surface area contributed by atoms with Crippen LogP contribution in [-0.4, -0.2) is 30.6 Å². The number of aliphatic hydroxyl groups excluding tert-OH is 1. The van der Waals surface area contributed by atoms with Crippen molar-refractivity contribution in [1.29, 1.82) is 0 Å². The summed E-state index contributed by atoms with van der Waals surface area (Å²) in [6, 6.07) is 6.52. The summed E-state index contributed by atoms with van der Waals surface area (Å²) >= 11 is 0. The lowest BCUT2D eigenvalue weighted by Crippen LogP contribution is -2.01. The van der Waals surface area contributed by atoms with Crippen LogP contribution in [0.3, 0.4) is 0 Å². The van der Waals surface area contributed by atoms with Gasteiger partial charge in [0.15, 0.2) is 11.5 Å². The van der Waals surface area contributed by atoms with Gasteiger partial charge in [0, 0.05) is 36.1 Å². The summed E-state index contributed by atoms with van der Waals surface area (Å²) < 4.78 is 15.6. The summed E-state index contributed by atoms with van der Waals surface area (Å²) in [6.07, 6.45) is 6.52. The number of allylic oxidation sites excluding steroid dienone is 1. The minimum Gasteiger partial charge on any atom is -0.504 e. The maximum Gasteiger partial charge on any atom is 0.215 e. The normalized spacial score (nSPS) is 11.7. The van der Waals surface area contributed by atoms with Crippen LogP contribution < -0.4 is 0 Å². The van der Waals surface area contributed by atoms with Gasteiger partial charge in [-0.2, -0.15) is 5.10 Å². The van der Waals surface area contributed by atoms with Crippen molar-refractivity contribution in [2.75, 3.05) is 0 Å². The zero-order valence-corrected chi connectivity index (χ0v) is 13.6. The van der Waals surface area contributed by atoms with Crippen molar-refractivity contribution in [3.63, 3.8) is 0 Å². The van der Waals surface area contributed by atoms with Crippen molar-refractivity contribution in [2.45, 2.75) is 19.9 Å². The fourth-order valence-corrected chi connectivity index (χ4v) is 2.57. The van der Waals surface area contributed by atoms with E-state index < -0.39 is 0 Å². The number of halogens is 1. The lowest BCUT2D eigenvalue weighted by Gasteiger charge is -2.04. The third-order valence-corrected chi connectivity index (χ3v) is 3.83. The molecular weight excluding hydrogens is 323 g/mol. The molecule has 0 amide bonds. The fraction of sp³-hybridized carbons (Fsp3) is 0.167. The van der Waals surface area contributed by atoms with E-state index >= 15 is 0 Å². The second kappa shape index (κ2) is 7.12. The summed E-state index contributed by atoms with van der Waals surface area (Å²) in [5.74, 6) is -0.900. The third-order valence-electron chi connectivity index (χ3n) is 3.83. The Labute approximate surface area is 143 Å².